The lowest BCUT2D eigenvalue weighted by atomic mass is 9.58. The fourth-order valence-corrected chi connectivity index (χ4v) is 7.44. The molecule has 0 aromatic heterocycles. The van der Waals surface area contributed by atoms with Crippen molar-refractivity contribution in [2.75, 3.05) is 0 Å². The predicted molar refractivity (Wildman–Crippen MR) is 161 cm³/mol. The Hall–Kier alpha value is -2.96. The molecular weight excluding hydrogens is 532 g/mol. The Morgan fingerprint density at radius 2 is 1.41 bits per heavy atom. The lowest BCUT2D eigenvalue weighted by Gasteiger charge is -2.45. The largest absolute Gasteiger partial charge is 0.744 e. The summed E-state index contributed by atoms with van der Waals surface area (Å²) in [6.07, 6.45) is 0.648. The van der Waals surface area contributed by atoms with Crippen LogP contribution in [0.4, 0.5) is 0 Å². The molecule has 0 saturated heterocycles. The van der Waals surface area contributed by atoms with Crippen molar-refractivity contribution in [2.45, 2.75) is 102 Å². The van der Waals surface area contributed by atoms with Crippen LogP contribution in [0, 0.1) is 12.8 Å². The van der Waals surface area contributed by atoms with Crippen molar-refractivity contribution in [1.29, 1.82) is 0 Å². The minimum absolute atomic E-state index is 0.0123. The van der Waals surface area contributed by atoms with Gasteiger partial charge >= 0.3 is 5.97 Å². The number of benzene rings is 3. The maximum atomic E-state index is 14.0. The maximum absolute atomic E-state index is 14.0. The Bertz CT molecular complexity index is 1650. The van der Waals surface area contributed by atoms with Crippen molar-refractivity contribution < 1.29 is 22.5 Å². The highest BCUT2D eigenvalue weighted by Crippen LogP contribution is 2.57. The zero-order valence-corrected chi connectivity index (χ0v) is 26.4. The van der Waals surface area contributed by atoms with E-state index in [4.69, 9.17) is 4.74 Å². The highest BCUT2D eigenvalue weighted by Gasteiger charge is 2.47. The predicted octanol–water partition coefficient (Wildman–Crippen LogP) is 7.82. The first-order chi connectivity index (χ1) is 18.9. The zero-order valence-electron chi connectivity index (χ0n) is 25.6. The summed E-state index contributed by atoms with van der Waals surface area (Å²) in [4.78, 5) is 13.7. The van der Waals surface area contributed by atoms with Crippen molar-refractivity contribution >= 4 is 16.1 Å². The summed E-state index contributed by atoms with van der Waals surface area (Å²) in [5.41, 5.74) is 8.26. The standard InChI is InChI=1S/C35H42O5S/c1-19(2)25-18-30(20(3)14-31(25)41(37,38)39)40-33(36)29-17-27-23-12-10-22(35(7,8)9)16-28(23)32(29)24-13-11-21(15-26(24)27)34(4,5)6/h10-16,18-19,27,29,32H,17H2,1-9H3,(H,37,38,39)/p-1. The topological polar surface area (TPSA) is 83.5 Å². The third-order valence-corrected chi connectivity index (χ3v) is 9.82. The quantitative estimate of drug-likeness (QED) is 0.180. The van der Waals surface area contributed by atoms with Gasteiger partial charge in [-0.1, -0.05) is 91.8 Å². The van der Waals surface area contributed by atoms with Crippen molar-refractivity contribution in [3.63, 3.8) is 0 Å². The van der Waals surface area contributed by atoms with Crippen LogP contribution in [-0.4, -0.2) is 18.9 Å². The van der Waals surface area contributed by atoms with Gasteiger partial charge in [0.05, 0.1) is 10.8 Å². The van der Waals surface area contributed by atoms with Crippen LogP contribution in [0.15, 0.2) is 53.4 Å². The van der Waals surface area contributed by atoms with Gasteiger partial charge < -0.3 is 9.29 Å². The van der Waals surface area contributed by atoms with Gasteiger partial charge in [-0.3, -0.25) is 4.79 Å². The Labute approximate surface area is 245 Å². The molecule has 3 aliphatic rings. The third-order valence-electron chi connectivity index (χ3n) is 8.93. The Balaban J connectivity index is 1.60. The van der Waals surface area contributed by atoms with E-state index in [0.29, 0.717) is 23.3 Å². The van der Waals surface area contributed by atoms with Crippen LogP contribution in [0.3, 0.4) is 0 Å². The molecule has 6 rings (SSSR count). The van der Waals surface area contributed by atoms with E-state index in [1.54, 1.807) is 13.0 Å². The Morgan fingerprint density at radius 1 is 0.854 bits per heavy atom. The summed E-state index contributed by atoms with van der Waals surface area (Å²) >= 11 is 0. The minimum Gasteiger partial charge on any atom is -0.744 e. The van der Waals surface area contributed by atoms with Crippen LogP contribution in [0.25, 0.3) is 0 Å². The maximum Gasteiger partial charge on any atom is 0.315 e. The molecule has 3 aliphatic carbocycles. The molecule has 0 aliphatic heterocycles. The van der Waals surface area contributed by atoms with Crippen LogP contribution in [-0.2, 0) is 25.7 Å². The highest BCUT2D eigenvalue weighted by atomic mass is 32.2. The van der Waals surface area contributed by atoms with E-state index in [-0.39, 0.29) is 45.4 Å². The van der Waals surface area contributed by atoms with E-state index in [1.807, 2.05) is 13.8 Å². The lowest BCUT2D eigenvalue weighted by molar-refractivity contribution is -0.140. The smallest absolute Gasteiger partial charge is 0.315 e. The molecule has 2 bridgehead atoms. The summed E-state index contributed by atoms with van der Waals surface area (Å²) in [7, 11) is -4.66. The van der Waals surface area contributed by atoms with E-state index in [1.165, 1.54) is 39.4 Å². The second-order valence-corrected chi connectivity index (χ2v) is 15.6. The van der Waals surface area contributed by atoms with E-state index in [2.05, 4.69) is 77.9 Å². The van der Waals surface area contributed by atoms with Crippen molar-refractivity contribution in [2.24, 2.45) is 5.92 Å². The second-order valence-electron chi connectivity index (χ2n) is 14.2. The molecule has 0 saturated carbocycles. The number of fused-ring (bicyclic) bond motifs is 1. The normalized spacial score (nSPS) is 20.1. The summed E-state index contributed by atoms with van der Waals surface area (Å²) in [6, 6.07) is 16.4. The molecule has 3 aromatic carbocycles. The third kappa shape index (κ3) is 5.25. The number of hydrogen-bond donors (Lipinski definition) is 0. The van der Waals surface area contributed by atoms with Crippen LogP contribution < -0.4 is 4.74 Å². The Kier molecular flexibility index (Phi) is 7.06. The molecular formula is C35H41O5S-. The second kappa shape index (κ2) is 9.81. The van der Waals surface area contributed by atoms with Gasteiger partial charge in [-0.15, -0.1) is 0 Å². The van der Waals surface area contributed by atoms with E-state index < -0.39 is 10.1 Å². The fourth-order valence-electron chi connectivity index (χ4n) is 6.54. The van der Waals surface area contributed by atoms with E-state index in [0.717, 1.165) is 0 Å². The molecule has 6 heteroatoms. The molecule has 0 fully saturated rings. The first-order valence-corrected chi connectivity index (χ1v) is 15.9. The van der Waals surface area contributed by atoms with Crippen LogP contribution in [0.5, 0.6) is 5.75 Å². The summed E-state index contributed by atoms with van der Waals surface area (Å²) in [6.45, 7) is 18.6. The molecule has 0 N–H and O–H groups in total. The molecule has 41 heavy (non-hydrogen) atoms. The summed E-state index contributed by atoms with van der Waals surface area (Å²) < 4.78 is 41.9. The zero-order chi connectivity index (χ0) is 30.2. The lowest BCUT2D eigenvalue weighted by Crippen LogP contribution is -2.38. The van der Waals surface area contributed by atoms with Crippen molar-refractivity contribution in [1.82, 2.24) is 0 Å². The number of hydrogen-bond acceptors (Lipinski definition) is 5. The number of carbonyl (C=O) groups is 1. The SMILES string of the molecule is Cc1cc(S(=O)(=O)[O-])c(C(C)C)cc1OC(=O)C1CC2c3cc(C(C)(C)C)ccc3C1c1cc(C(C)(C)C)ccc12. The summed E-state index contributed by atoms with van der Waals surface area (Å²) in [5, 5.41) is 0. The number of esters is 1. The van der Waals surface area contributed by atoms with Gasteiger partial charge in [0.2, 0.25) is 0 Å². The van der Waals surface area contributed by atoms with Gasteiger partial charge in [-0.2, -0.15) is 0 Å². The molecule has 3 aromatic rings. The average molecular weight is 574 g/mol. The van der Waals surface area contributed by atoms with Crippen molar-refractivity contribution in [3.8, 4) is 5.75 Å². The summed E-state index contributed by atoms with van der Waals surface area (Å²) in [5.74, 6) is -0.698. The molecule has 218 valence electrons. The number of aryl methyl sites for hydroxylation is 1. The molecule has 0 heterocycles. The van der Waals surface area contributed by atoms with Gasteiger partial charge in [0.25, 0.3) is 0 Å². The van der Waals surface area contributed by atoms with Gasteiger partial charge in [0.15, 0.2) is 0 Å². The average Bonchev–Trinajstić information content (AvgIpc) is 2.87. The molecule has 3 atom stereocenters. The molecule has 3 unspecified atom stereocenters. The molecule has 0 radical (unpaired) electrons. The first-order valence-electron chi connectivity index (χ1n) is 14.5. The highest BCUT2D eigenvalue weighted by molar-refractivity contribution is 7.85. The number of ether oxygens (including phenoxy) is 1. The van der Waals surface area contributed by atoms with Gasteiger partial charge in [0.1, 0.15) is 15.9 Å². The Morgan fingerprint density at radius 3 is 1.95 bits per heavy atom. The van der Waals surface area contributed by atoms with Crippen LogP contribution >= 0.6 is 0 Å². The van der Waals surface area contributed by atoms with Crippen molar-refractivity contribution in [3.05, 3.63) is 93.0 Å². The van der Waals surface area contributed by atoms with Crippen LogP contribution in [0.1, 0.15) is 124 Å². The van der Waals surface area contributed by atoms with E-state index >= 15 is 0 Å². The van der Waals surface area contributed by atoms with E-state index in [9.17, 15) is 17.8 Å². The molecule has 5 nitrogen and oxygen atoms in total. The molecule has 0 amide bonds. The fraction of sp³-hybridized carbons (Fsp3) is 0.457. The van der Waals surface area contributed by atoms with Crippen LogP contribution in [0.2, 0.25) is 0 Å². The minimum atomic E-state index is -4.66. The first kappa shape index (κ1) is 29.5. The molecule has 0 spiro atoms. The monoisotopic (exact) mass is 573 g/mol. The number of carbonyl (C=O) groups excluding carboxylic acids is 1. The van der Waals surface area contributed by atoms with Gasteiger partial charge in [0, 0.05) is 11.8 Å². The van der Waals surface area contributed by atoms with Gasteiger partial charge in [-0.05, 0) is 86.7 Å². The van der Waals surface area contributed by atoms with Gasteiger partial charge in [-0.25, -0.2) is 8.42 Å². The number of rotatable bonds is 4.